The fourth-order valence-electron chi connectivity index (χ4n) is 3.12. The van der Waals surface area contributed by atoms with Gasteiger partial charge in [0.05, 0.1) is 19.3 Å². The molecule has 154 valence electrons. The van der Waals surface area contributed by atoms with E-state index >= 15 is 0 Å². The molecule has 1 aliphatic heterocycles. The van der Waals surface area contributed by atoms with Crippen LogP contribution in [-0.4, -0.2) is 49.5 Å². The fourth-order valence-corrected chi connectivity index (χ4v) is 3.12. The molecule has 29 heavy (non-hydrogen) atoms. The minimum atomic E-state index is -0.408. The van der Waals surface area contributed by atoms with Crippen molar-refractivity contribution in [3.8, 4) is 5.75 Å². The number of hydrogen-bond acceptors (Lipinski definition) is 6. The highest BCUT2D eigenvalue weighted by Crippen LogP contribution is 2.20. The summed E-state index contributed by atoms with van der Waals surface area (Å²) >= 11 is 0. The van der Waals surface area contributed by atoms with E-state index in [0.717, 1.165) is 11.3 Å². The Morgan fingerprint density at radius 3 is 2.48 bits per heavy atom. The SMILES string of the molecule is COc1ccc(CNC(=O)COC(=O)C2CCN(C(=O)c3ccco3)CC2)cc1. The lowest BCUT2D eigenvalue weighted by Gasteiger charge is -2.30. The van der Waals surface area contributed by atoms with Crippen molar-refractivity contribution in [1.29, 1.82) is 0 Å². The molecule has 2 amide bonds. The van der Waals surface area contributed by atoms with E-state index in [4.69, 9.17) is 13.9 Å². The van der Waals surface area contributed by atoms with Gasteiger partial charge in [-0.05, 0) is 42.7 Å². The zero-order chi connectivity index (χ0) is 20.6. The number of amides is 2. The molecule has 2 aromatic rings. The van der Waals surface area contributed by atoms with Crippen LogP contribution in [0.3, 0.4) is 0 Å². The average molecular weight is 400 g/mol. The Morgan fingerprint density at radius 1 is 1.14 bits per heavy atom. The van der Waals surface area contributed by atoms with Crippen molar-refractivity contribution in [3.63, 3.8) is 0 Å². The number of carbonyl (C=O) groups is 3. The number of methoxy groups -OCH3 is 1. The minimum Gasteiger partial charge on any atom is -0.497 e. The summed E-state index contributed by atoms with van der Waals surface area (Å²) in [7, 11) is 1.59. The van der Waals surface area contributed by atoms with Gasteiger partial charge in [0.2, 0.25) is 0 Å². The number of nitrogens with one attached hydrogen (secondary N) is 1. The third kappa shape index (κ3) is 5.60. The molecule has 1 fully saturated rings. The lowest BCUT2D eigenvalue weighted by Crippen LogP contribution is -2.41. The standard InChI is InChI=1S/C21H24N2O6/c1-27-17-6-4-15(5-7-17)13-22-19(24)14-29-21(26)16-8-10-23(11-9-16)20(25)18-3-2-12-28-18/h2-7,12,16H,8-11,13-14H2,1H3,(H,22,24). The van der Waals surface area contributed by atoms with Gasteiger partial charge in [-0.25, -0.2) is 0 Å². The van der Waals surface area contributed by atoms with Gasteiger partial charge in [0, 0.05) is 19.6 Å². The van der Waals surface area contributed by atoms with Crippen LogP contribution in [0.25, 0.3) is 0 Å². The number of esters is 1. The number of piperidine rings is 1. The molecule has 1 aromatic carbocycles. The summed E-state index contributed by atoms with van der Waals surface area (Å²) in [5.41, 5.74) is 0.916. The normalized spacial score (nSPS) is 14.3. The van der Waals surface area contributed by atoms with Crippen molar-refractivity contribution in [2.75, 3.05) is 26.8 Å². The van der Waals surface area contributed by atoms with Crippen LogP contribution in [0, 0.1) is 5.92 Å². The Kier molecular flexibility index (Phi) is 6.89. The van der Waals surface area contributed by atoms with Crippen molar-refractivity contribution in [2.24, 2.45) is 5.92 Å². The summed E-state index contributed by atoms with van der Waals surface area (Å²) in [6.45, 7) is 0.917. The van der Waals surface area contributed by atoms with Crippen LogP contribution in [0.1, 0.15) is 29.0 Å². The molecule has 1 N–H and O–H groups in total. The van der Waals surface area contributed by atoms with E-state index in [1.807, 2.05) is 24.3 Å². The highest BCUT2D eigenvalue weighted by atomic mass is 16.5. The molecule has 2 heterocycles. The van der Waals surface area contributed by atoms with E-state index < -0.39 is 5.97 Å². The molecule has 8 nitrogen and oxygen atoms in total. The van der Waals surface area contributed by atoms with E-state index in [9.17, 15) is 14.4 Å². The average Bonchev–Trinajstić information content (AvgIpc) is 3.31. The van der Waals surface area contributed by atoms with Crippen molar-refractivity contribution >= 4 is 17.8 Å². The molecular formula is C21H24N2O6. The second-order valence-electron chi connectivity index (χ2n) is 6.78. The first-order valence-corrected chi connectivity index (χ1v) is 9.46. The van der Waals surface area contributed by atoms with Gasteiger partial charge in [-0.3, -0.25) is 14.4 Å². The van der Waals surface area contributed by atoms with Gasteiger partial charge in [0.25, 0.3) is 11.8 Å². The number of carbonyl (C=O) groups excluding carboxylic acids is 3. The fraction of sp³-hybridized carbons (Fsp3) is 0.381. The van der Waals surface area contributed by atoms with Crippen LogP contribution in [0.5, 0.6) is 5.75 Å². The van der Waals surface area contributed by atoms with Crippen LogP contribution in [-0.2, 0) is 20.9 Å². The summed E-state index contributed by atoms with van der Waals surface area (Å²) in [5.74, 6) is -0.232. The number of rotatable bonds is 7. The number of benzene rings is 1. The summed E-state index contributed by atoms with van der Waals surface area (Å²) < 4.78 is 15.3. The number of ether oxygens (including phenoxy) is 2. The summed E-state index contributed by atoms with van der Waals surface area (Å²) in [5, 5.41) is 2.71. The lowest BCUT2D eigenvalue weighted by atomic mass is 9.97. The molecule has 1 saturated heterocycles. The molecule has 3 rings (SSSR count). The molecule has 1 aromatic heterocycles. The Bertz CT molecular complexity index is 823. The topological polar surface area (TPSA) is 98.1 Å². The molecule has 0 unspecified atom stereocenters. The minimum absolute atomic E-state index is 0.181. The Labute approximate surface area is 168 Å². The molecule has 0 radical (unpaired) electrons. The molecule has 0 aliphatic carbocycles. The smallest absolute Gasteiger partial charge is 0.309 e. The molecule has 0 atom stereocenters. The van der Waals surface area contributed by atoms with Crippen LogP contribution in [0.2, 0.25) is 0 Å². The Balaban J connectivity index is 1.36. The molecule has 0 bridgehead atoms. The third-order valence-corrected chi connectivity index (χ3v) is 4.84. The summed E-state index contributed by atoms with van der Waals surface area (Å²) in [6.07, 6.45) is 2.45. The van der Waals surface area contributed by atoms with Crippen molar-refractivity contribution < 1.29 is 28.3 Å². The highest BCUT2D eigenvalue weighted by Gasteiger charge is 2.29. The first-order valence-electron chi connectivity index (χ1n) is 9.46. The third-order valence-electron chi connectivity index (χ3n) is 4.84. The maximum absolute atomic E-state index is 12.2. The quantitative estimate of drug-likeness (QED) is 0.714. The highest BCUT2D eigenvalue weighted by molar-refractivity contribution is 5.91. The number of hydrogen-bond donors (Lipinski definition) is 1. The Morgan fingerprint density at radius 2 is 1.86 bits per heavy atom. The molecular weight excluding hydrogens is 376 g/mol. The van der Waals surface area contributed by atoms with Crippen molar-refractivity contribution in [3.05, 3.63) is 54.0 Å². The van der Waals surface area contributed by atoms with E-state index in [-0.39, 0.29) is 24.3 Å². The van der Waals surface area contributed by atoms with E-state index in [1.54, 1.807) is 24.1 Å². The van der Waals surface area contributed by atoms with Crippen LogP contribution < -0.4 is 10.1 Å². The predicted molar refractivity (Wildman–Crippen MR) is 103 cm³/mol. The second-order valence-corrected chi connectivity index (χ2v) is 6.78. The van der Waals surface area contributed by atoms with Gasteiger partial charge in [-0.2, -0.15) is 0 Å². The monoisotopic (exact) mass is 400 g/mol. The zero-order valence-corrected chi connectivity index (χ0v) is 16.3. The first kappa shape index (κ1) is 20.4. The number of nitrogens with zero attached hydrogens (tertiary/aromatic N) is 1. The van der Waals surface area contributed by atoms with Gasteiger partial charge in [-0.15, -0.1) is 0 Å². The van der Waals surface area contributed by atoms with E-state index in [1.165, 1.54) is 6.26 Å². The molecule has 0 saturated carbocycles. The largest absolute Gasteiger partial charge is 0.497 e. The molecule has 1 aliphatic rings. The predicted octanol–water partition coefficient (Wildman–Crippen LogP) is 2.00. The zero-order valence-electron chi connectivity index (χ0n) is 16.3. The van der Waals surface area contributed by atoms with Gasteiger partial charge in [-0.1, -0.05) is 12.1 Å². The van der Waals surface area contributed by atoms with Crippen LogP contribution in [0.15, 0.2) is 47.1 Å². The van der Waals surface area contributed by atoms with Gasteiger partial charge >= 0.3 is 5.97 Å². The van der Waals surface area contributed by atoms with Gasteiger partial charge < -0.3 is 24.1 Å². The van der Waals surface area contributed by atoms with Crippen molar-refractivity contribution in [2.45, 2.75) is 19.4 Å². The van der Waals surface area contributed by atoms with E-state index in [2.05, 4.69) is 5.32 Å². The number of furan rings is 1. The molecule has 8 heteroatoms. The maximum atomic E-state index is 12.2. The summed E-state index contributed by atoms with van der Waals surface area (Å²) in [6, 6.07) is 10.6. The summed E-state index contributed by atoms with van der Waals surface area (Å²) in [4.78, 5) is 38.0. The van der Waals surface area contributed by atoms with Crippen LogP contribution in [0.4, 0.5) is 0 Å². The van der Waals surface area contributed by atoms with E-state index in [0.29, 0.717) is 38.2 Å². The number of likely N-dealkylation sites (tertiary alicyclic amines) is 1. The maximum Gasteiger partial charge on any atom is 0.309 e. The van der Waals surface area contributed by atoms with Crippen molar-refractivity contribution in [1.82, 2.24) is 10.2 Å². The van der Waals surface area contributed by atoms with Gasteiger partial charge in [0.15, 0.2) is 12.4 Å². The second kappa shape index (κ2) is 9.77. The lowest BCUT2D eigenvalue weighted by molar-refractivity contribution is -0.153. The Hall–Kier alpha value is -3.29. The first-order chi connectivity index (χ1) is 14.1. The van der Waals surface area contributed by atoms with Gasteiger partial charge in [0.1, 0.15) is 5.75 Å². The van der Waals surface area contributed by atoms with Crippen LogP contribution >= 0.6 is 0 Å². The molecule has 0 spiro atoms.